The first-order valence-electron chi connectivity index (χ1n) is 8.05. The quantitative estimate of drug-likeness (QED) is 0.890. The minimum absolute atomic E-state index is 0.145. The third-order valence-corrected chi connectivity index (χ3v) is 3.95. The Hall–Kier alpha value is -3.53. The number of nitrogens with zero attached hydrogens (tertiary/aromatic N) is 2. The van der Waals surface area contributed by atoms with Crippen LogP contribution in [-0.2, 0) is 4.79 Å². The van der Waals surface area contributed by atoms with Crippen molar-refractivity contribution in [3.05, 3.63) is 53.6 Å². The first kappa shape index (κ1) is 17.3. The van der Waals surface area contributed by atoms with E-state index in [1.54, 1.807) is 42.5 Å². The number of hydrogen-bond acceptors (Lipinski definition) is 5. The summed E-state index contributed by atoms with van der Waals surface area (Å²) in [6.07, 6.45) is 0. The second-order valence-electron chi connectivity index (χ2n) is 5.62. The summed E-state index contributed by atoms with van der Waals surface area (Å²) >= 11 is 0. The summed E-state index contributed by atoms with van der Waals surface area (Å²) < 4.78 is 10.5. The van der Waals surface area contributed by atoms with E-state index in [0.717, 1.165) is 0 Å². The number of fused-ring (bicyclic) bond motifs is 1. The van der Waals surface area contributed by atoms with Crippen molar-refractivity contribution >= 4 is 17.5 Å². The Labute approximate surface area is 150 Å². The fourth-order valence-electron chi connectivity index (χ4n) is 2.67. The lowest BCUT2D eigenvalue weighted by Gasteiger charge is -2.22. The average Bonchev–Trinajstić information content (AvgIpc) is 3.12. The summed E-state index contributed by atoms with van der Waals surface area (Å²) in [7, 11) is 0. The lowest BCUT2D eigenvalue weighted by molar-refractivity contribution is -0.116. The molecule has 26 heavy (non-hydrogen) atoms. The number of nitriles is 1. The van der Waals surface area contributed by atoms with Gasteiger partial charge in [-0.2, -0.15) is 5.26 Å². The topological polar surface area (TPSA) is 91.7 Å². The van der Waals surface area contributed by atoms with Crippen LogP contribution in [0.25, 0.3) is 0 Å². The van der Waals surface area contributed by atoms with Gasteiger partial charge in [-0.3, -0.25) is 9.59 Å². The van der Waals surface area contributed by atoms with Crippen LogP contribution >= 0.6 is 0 Å². The van der Waals surface area contributed by atoms with Gasteiger partial charge in [0, 0.05) is 25.6 Å². The molecule has 0 saturated carbocycles. The van der Waals surface area contributed by atoms with Crippen LogP contribution in [0, 0.1) is 11.3 Å². The highest BCUT2D eigenvalue weighted by Gasteiger charge is 2.18. The molecule has 1 heterocycles. The van der Waals surface area contributed by atoms with Gasteiger partial charge in [0.25, 0.3) is 5.91 Å². The zero-order chi connectivity index (χ0) is 18.5. The van der Waals surface area contributed by atoms with Crippen molar-refractivity contribution in [2.24, 2.45) is 0 Å². The Kier molecular flexibility index (Phi) is 5.04. The summed E-state index contributed by atoms with van der Waals surface area (Å²) in [6, 6.07) is 13.9. The molecule has 0 saturated heterocycles. The lowest BCUT2D eigenvalue weighted by Crippen LogP contribution is -2.38. The minimum atomic E-state index is -0.277. The number of amides is 2. The molecular weight excluding hydrogens is 334 g/mol. The molecule has 132 valence electrons. The van der Waals surface area contributed by atoms with Crippen LogP contribution in [0.5, 0.6) is 11.5 Å². The molecule has 1 aliphatic heterocycles. The van der Waals surface area contributed by atoms with Crippen molar-refractivity contribution in [3.63, 3.8) is 0 Å². The Bertz CT molecular complexity index is 889. The average molecular weight is 351 g/mol. The molecule has 2 aromatic carbocycles. The summed E-state index contributed by atoms with van der Waals surface area (Å²) in [5, 5.41) is 12.0. The van der Waals surface area contributed by atoms with Crippen molar-refractivity contribution in [2.75, 3.05) is 24.8 Å². The maximum atomic E-state index is 12.3. The molecule has 0 aliphatic carbocycles. The highest BCUT2D eigenvalue weighted by Crippen LogP contribution is 2.32. The number of anilines is 1. The normalized spacial score (nSPS) is 11.5. The number of carbonyl (C=O) groups excluding carboxylic acids is 2. The Morgan fingerprint density at radius 1 is 1.19 bits per heavy atom. The van der Waals surface area contributed by atoms with Gasteiger partial charge in [0.2, 0.25) is 12.7 Å². The Balaban J connectivity index is 1.64. The van der Waals surface area contributed by atoms with Crippen molar-refractivity contribution in [1.82, 2.24) is 5.32 Å². The van der Waals surface area contributed by atoms with E-state index in [4.69, 9.17) is 9.47 Å². The first-order valence-corrected chi connectivity index (χ1v) is 8.05. The molecule has 1 N–H and O–H groups in total. The number of carbonyl (C=O) groups is 2. The second kappa shape index (κ2) is 7.57. The van der Waals surface area contributed by atoms with Crippen molar-refractivity contribution < 1.29 is 19.1 Å². The largest absolute Gasteiger partial charge is 0.454 e. The van der Waals surface area contributed by atoms with Crippen molar-refractivity contribution in [3.8, 4) is 17.6 Å². The van der Waals surface area contributed by atoms with E-state index in [1.807, 2.05) is 0 Å². The fraction of sp³-hybridized carbons (Fsp3) is 0.211. The predicted octanol–water partition coefficient (Wildman–Crippen LogP) is 2.07. The number of hydrogen-bond donors (Lipinski definition) is 1. The molecule has 0 unspecified atom stereocenters. The van der Waals surface area contributed by atoms with E-state index in [1.165, 1.54) is 11.8 Å². The van der Waals surface area contributed by atoms with E-state index in [-0.39, 0.29) is 31.7 Å². The number of nitrogens with one attached hydrogen (secondary N) is 1. The molecule has 0 aromatic heterocycles. The molecule has 0 spiro atoms. The summed E-state index contributed by atoms with van der Waals surface area (Å²) in [5.74, 6) is 0.661. The monoisotopic (exact) mass is 351 g/mol. The van der Waals surface area contributed by atoms with E-state index in [0.29, 0.717) is 28.3 Å². The molecule has 7 heteroatoms. The van der Waals surface area contributed by atoms with Gasteiger partial charge in [-0.05, 0) is 30.3 Å². The molecule has 2 aromatic rings. The van der Waals surface area contributed by atoms with E-state index < -0.39 is 0 Å². The van der Waals surface area contributed by atoms with Gasteiger partial charge in [0.05, 0.1) is 11.3 Å². The van der Waals surface area contributed by atoms with Gasteiger partial charge in [-0.25, -0.2) is 0 Å². The Morgan fingerprint density at radius 2 is 1.96 bits per heavy atom. The molecule has 3 rings (SSSR count). The number of para-hydroxylation sites is 1. The van der Waals surface area contributed by atoms with Crippen LogP contribution in [-0.4, -0.2) is 31.7 Å². The summed E-state index contributed by atoms with van der Waals surface area (Å²) in [5.41, 5.74) is 1.38. The highest BCUT2D eigenvalue weighted by atomic mass is 16.7. The second-order valence-corrected chi connectivity index (χ2v) is 5.62. The number of ether oxygens (including phenoxy) is 2. The minimum Gasteiger partial charge on any atom is -0.454 e. The van der Waals surface area contributed by atoms with Gasteiger partial charge in [-0.1, -0.05) is 12.1 Å². The molecule has 0 bridgehead atoms. The van der Waals surface area contributed by atoms with Crippen LogP contribution in [0.4, 0.5) is 5.69 Å². The smallest absolute Gasteiger partial charge is 0.251 e. The van der Waals surface area contributed by atoms with E-state index in [9.17, 15) is 14.9 Å². The van der Waals surface area contributed by atoms with Crippen LogP contribution in [0.1, 0.15) is 22.8 Å². The third kappa shape index (κ3) is 3.59. The van der Waals surface area contributed by atoms with Crippen LogP contribution in [0.15, 0.2) is 42.5 Å². The zero-order valence-corrected chi connectivity index (χ0v) is 14.2. The van der Waals surface area contributed by atoms with Gasteiger partial charge in [0.1, 0.15) is 6.07 Å². The van der Waals surface area contributed by atoms with Crippen molar-refractivity contribution in [2.45, 2.75) is 6.92 Å². The maximum absolute atomic E-state index is 12.3. The zero-order valence-electron chi connectivity index (χ0n) is 14.2. The van der Waals surface area contributed by atoms with Crippen molar-refractivity contribution in [1.29, 1.82) is 5.26 Å². The molecular formula is C19H17N3O4. The molecule has 1 aliphatic rings. The SMILES string of the molecule is CC(=O)N(CCNC(=O)c1ccc2c(c1)OCO2)c1ccccc1C#N. The molecule has 0 radical (unpaired) electrons. The van der Waals surface area contributed by atoms with E-state index >= 15 is 0 Å². The predicted molar refractivity (Wildman–Crippen MR) is 94.1 cm³/mol. The van der Waals surface area contributed by atoms with Gasteiger partial charge in [-0.15, -0.1) is 0 Å². The standard InChI is InChI=1S/C19H17N3O4/c1-13(23)22(16-5-3-2-4-15(16)11-20)9-8-21-19(24)14-6-7-17-18(10-14)26-12-25-17/h2-7,10H,8-9,12H2,1H3,(H,21,24). The first-order chi connectivity index (χ1) is 12.6. The van der Waals surface area contributed by atoms with Crippen LogP contribution in [0.2, 0.25) is 0 Å². The molecule has 2 amide bonds. The van der Waals surface area contributed by atoms with E-state index in [2.05, 4.69) is 11.4 Å². The molecule has 7 nitrogen and oxygen atoms in total. The molecule has 0 atom stereocenters. The summed E-state index contributed by atoms with van der Waals surface area (Å²) in [6.45, 7) is 2.07. The lowest BCUT2D eigenvalue weighted by atomic mass is 10.1. The number of rotatable bonds is 5. The summed E-state index contributed by atoms with van der Waals surface area (Å²) in [4.78, 5) is 25.7. The third-order valence-electron chi connectivity index (χ3n) is 3.95. The fourth-order valence-corrected chi connectivity index (χ4v) is 2.67. The van der Waals surface area contributed by atoms with Gasteiger partial charge >= 0.3 is 0 Å². The van der Waals surface area contributed by atoms with Crippen LogP contribution in [0.3, 0.4) is 0 Å². The Morgan fingerprint density at radius 3 is 2.73 bits per heavy atom. The van der Waals surface area contributed by atoms with Gasteiger partial charge in [0.15, 0.2) is 11.5 Å². The maximum Gasteiger partial charge on any atom is 0.251 e. The van der Waals surface area contributed by atoms with Gasteiger partial charge < -0.3 is 19.7 Å². The number of benzene rings is 2. The highest BCUT2D eigenvalue weighted by molar-refractivity contribution is 5.95. The molecule has 0 fully saturated rings. The van der Waals surface area contributed by atoms with Crippen LogP contribution < -0.4 is 19.7 Å².